The summed E-state index contributed by atoms with van der Waals surface area (Å²) in [7, 11) is 9.70. The van der Waals surface area contributed by atoms with Gasteiger partial charge in [0.05, 0.1) is 97.0 Å². The molecule has 4 heterocycles. The Kier molecular flexibility index (Phi) is 30.0. The number of alkyl carbamates (subject to hydrolysis) is 2. The molecule has 4 aromatic carbocycles. The van der Waals surface area contributed by atoms with Crippen molar-refractivity contribution >= 4 is 90.7 Å². The molecule has 7 aliphatic rings. The second-order valence-corrected chi connectivity index (χ2v) is 34.4. The number of fused-ring (bicyclic) bond motifs is 5. The van der Waals surface area contributed by atoms with Crippen LogP contribution in [0.2, 0.25) is 0 Å². The lowest BCUT2D eigenvalue weighted by Gasteiger charge is -2.47. The molecule has 3 aliphatic carbocycles. The van der Waals surface area contributed by atoms with E-state index in [4.69, 9.17) is 66.4 Å². The maximum absolute atomic E-state index is 14.6. The van der Waals surface area contributed by atoms with Crippen LogP contribution in [0.25, 0.3) is 11.1 Å². The van der Waals surface area contributed by atoms with Gasteiger partial charge >= 0.3 is 18.2 Å². The molecule has 616 valence electrons. The predicted octanol–water partition coefficient (Wildman–Crippen LogP) is 8.70. The number of carbonyl (C=O) groups is 5. The number of urea groups is 1. The zero-order valence-corrected chi connectivity index (χ0v) is 69.9. The average molecular weight is 1750 g/mol. The smallest absolute Gasteiger partial charge is 0.411 e. The maximum atomic E-state index is 14.6. The summed E-state index contributed by atoms with van der Waals surface area (Å²) >= 11 is 2.79. The van der Waals surface area contributed by atoms with Crippen molar-refractivity contribution in [2.45, 2.75) is 207 Å². The number of anilines is 1. The van der Waals surface area contributed by atoms with Crippen LogP contribution in [0.5, 0.6) is 17.2 Å². The summed E-state index contributed by atoms with van der Waals surface area (Å²) < 4.78 is 79.5. The zero-order chi connectivity index (χ0) is 82.0. The molecule has 0 aromatic heterocycles. The van der Waals surface area contributed by atoms with E-state index in [9.17, 15) is 49.5 Å². The number of ketones is 1. The van der Waals surface area contributed by atoms with Gasteiger partial charge in [0.25, 0.3) is 0 Å². The number of hydrogen-bond donors (Lipinski definition) is 9. The number of rotatable bonds is 26. The third kappa shape index (κ3) is 20.0. The van der Waals surface area contributed by atoms with Crippen LogP contribution >= 0.6 is 55.9 Å². The van der Waals surface area contributed by atoms with Gasteiger partial charge in [-0.05, 0) is 115 Å². The molecule has 0 spiro atoms. The fourth-order valence-corrected chi connectivity index (χ4v) is 18.6. The van der Waals surface area contributed by atoms with Gasteiger partial charge < -0.3 is 103 Å². The molecular weight excluding hydrogens is 1650 g/mol. The average Bonchev–Trinajstić information content (AvgIpc) is 0.798. The number of ether oxygens (including phenoxy) is 13. The van der Waals surface area contributed by atoms with Gasteiger partial charge in [-0.15, -0.1) is 0 Å². The first-order valence-corrected chi connectivity index (χ1v) is 41.5. The first-order chi connectivity index (χ1) is 54.5. The van der Waals surface area contributed by atoms with E-state index in [1.807, 2.05) is 67.6 Å². The fourth-order valence-electron chi connectivity index (χ4n) is 14.7. The Hall–Kier alpha value is -7.05. The van der Waals surface area contributed by atoms with Crippen molar-refractivity contribution in [2.24, 2.45) is 0 Å². The Balaban J connectivity index is 0.797. The molecule has 29 nitrogen and oxygen atoms in total. The SMILES string of the molecule is CCN(C(=O)Nc1ccc(CNC(=O)OCC2c3ccccc3-c3ccccc32)cc1)[C@H]1CO[C@@H](O[C@H]2[C@H](O[C@H]3C#C/C=C\C#C[C@]4(O)CC(=O)C(NC(=O)OC)=C3/C4=C\CSSC(C)(C)C)O[C@H](C)[C@@H](NO[C@H]3C[C@H](O)[C@H](SC(=O)c4c(C)c(I)c(O[C@@H]5O[C@@H](C)[C@H](O)[C@@H](OC)[C@H]5O)c(OC)c4OC)[C@@H](C)O3)[C@@H]2O)C[C@@H]1OC. The quantitative estimate of drug-likeness (QED) is 0.00932. The van der Waals surface area contributed by atoms with Crippen LogP contribution < -0.4 is 35.6 Å². The Morgan fingerprint density at radius 2 is 1.46 bits per heavy atom. The molecule has 4 fully saturated rings. The summed E-state index contributed by atoms with van der Waals surface area (Å²) in [6, 6.07) is 20.8. The number of thioether (sulfide) groups is 1. The number of allylic oxidation sites excluding steroid dienone is 3. The van der Waals surface area contributed by atoms with Crippen molar-refractivity contribution in [1.82, 2.24) is 21.0 Å². The molecule has 2 bridgehead atoms. The first-order valence-electron chi connectivity index (χ1n) is 37.2. The van der Waals surface area contributed by atoms with E-state index in [0.29, 0.717) is 14.8 Å². The summed E-state index contributed by atoms with van der Waals surface area (Å²) in [5.74, 6) is 11.1. The number of aliphatic hydroxyl groups excluding tert-OH is 4. The summed E-state index contributed by atoms with van der Waals surface area (Å²) in [5, 5.41) is 66.2. The van der Waals surface area contributed by atoms with Gasteiger partial charge in [0.1, 0.15) is 43.2 Å². The monoisotopic (exact) mass is 1750 g/mol. The van der Waals surface area contributed by atoms with Gasteiger partial charge in [-0.2, -0.15) is 5.48 Å². The number of Topliss-reactive ketones (excluding diaryl/α,β-unsaturated/α-hetero) is 1. The van der Waals surface area contributed by atoms with Gasteiger partial charge in [-0.25, -0.2) is 14.4 Å². The standard InChI is InChI=1S/C81H98IN5O24S3/c1-14-87(77(94)84-46-30-28-45(29-31-46)38-83-78(95)104-39-51-49-25-20-18-23-47(49)48-24-19-21-26-50(48)51)53-40-103-58(36-57(53)98-9)109-71-66(91)63(42(3)106-76(71)108-56-27-17-15-16-22-33-81(97)37-55(89)64(85-79(96)102-13)61(56)52(81)32-34-112-114-80(6,7)8)86-111-59-35-54(88)73(44(5)105-59)113-74(93)60-41(2)62(82)69(72(101-12)68(60)99-10)110-75-67(92)70(100-11)65(90)43(4)107-75/h15-16,18-21,23-26,28-32,42-44,51,53-54,56-59,63,65-67,70-71,73,75-76,86,88,90-92,97H,14,34-40H2,1-13H3,(H,83,95)(H,84,94)(H,85,96)/b16-15-,52-32+/t42-,43+,44-,53+,54+,56+,57+,58+,59+,63-,65+,66+,67-,70-,71-,73-,75+,76+,81+/m1/s1. The van der Waals surface area contributed by atoms with Crippen LogP contribution in [0, 0.1) is 34.2 Å². The minimum Gasteiger partial charge on any atom is -0.492 e. The van der Waals surface area contributed by atoms with E-state index < -0.39 is 151 Å². The van der Waals surface area contributed by atoms with E-state index >= 15 is 0 Å². The van der Waals surface area contributed by atoms with Crippen LogP contribution in [0.3, 0.4) is 0 Å². The number of aliphatic hydroxyl groups is 5. The lowest BCUT2D eigenvalue weighted by atomic mass is 9.75. The Morgan fingerprint density at radius 1 is 0.772 bits per heavy atom. The number of amides is 4. The number of methoxy groups -OCH3 is 5. The molecule has 33 heteroatoms. The topological polar surface area (TPSA) is 367 Å². The normalized spacial score (nSPS) is 29.9. The van der Waals surface area contributed by atoms with Crippen molar-refractivity contribution in [3.8, 4) is 52.1 Å². The van der Waals surface area contributed by atoms with Gasteiger partial charge in [0.15, 0.2) is 41.8 Å². The van der Waals surface area contributed by atoms with Gasteiger partial charge in [0, 0.05) is 73.4 Å². The lowest BCUT2D eigenvalue weighted by Crippen LogP contribution is -2.65. The molecule has 0 unspecified atom stereocenters. The third-order valence-corrected chi connectivity index (χ3v) is 26.3. The third-order valence-electron chi connectivity index (χ3n) is 20.5. The Morgan fingerprint density at radius 3 is 2.11 bits per heavy atom. The number of likely N-dealkylation sites (N-methyl/N-ethyl adjacent to an activating group) is 1. The van der Waals surface area contributed by atoms with E-state index in [1.54, 1.807) is 80.7 Å². The zero-order valence-electron chi connectivity index (χ0n) is 65.3. The van der Waals surface area contributed by atoms with Gasteiger partial charge in [-0.3, -0.25) is 19.7 Å². The molecule has 4 amide bonds. The summed E-state index contributed by atoms with van der Waals surface area (Å²) in [6.07, 6.45) is -16.4. The predicted molar refractivity (Wildman–Crippen MR) is 432 cm³/mol. The number of halogens is 1. The van der Waals surface area contributed by atoms with E-state index in [-0.39, 0.29) is 95.2 Å². The van der Waals surface area contributed by atoms with Crippen LogP contribution in [0.1, 0.15) is 106 Å². The summed E-state index contributed by atoms with van der Waals surface area (Å²) in [4.78, 5) is 77.5. The molecule has 0 radical (unpaired) electrons. The Labute approximate surface area is 688 Å². The van der Waals surface area contributed by atoms with Crippen molar-refractivity contribution in [1.29, 1.82) is 0 Å². The number of carbonyl (C=O) groups excluding carboxylic acids is 5. The van der Waals surface area contributed by atoms with E-state index in [2.05, 4.69) is 69.4 Å². The van der Waals surface area contributed by atoms with Gasteiger partial charge in [-0.1, -0.05) is 145 Å². The first kappa shape index (κ1) is 87.8. The largest absolute Gasteiger partial charge is 0.492 e. The number of hydroxylamine groups is 1. The molecule has 9 N–H and O–H groups in total. The molecule has 4 aliphatic heterocycles. The number of hydrogen-bond acceptors (Lipinski definition) is 28. The van der Waals surface area contributed by atoms with Crippen molar-refractivity contribution in [2.75, 3.05) is 66.4 Å². The molecular formula is C81H98IN5O24S3. The minimum absolute atomic E-state index is 0.000357. The maximum Gasteiger partial charge on any atom is 0.411 e. The van der Waals surface area contributed by atoms with Crippen LogP contribution in [0.4, 0.5) is 20.1 Å². The number of nitrogens with one attached hydrogen (secondary N) is 4. The second-order valence-electron chi connectivity index (χ2n) is 29.0. The van der Waals surface area contributed by atoms with Crippen molar-refractivity contribution in [3.05, 3.63) is 139 Å². The highest BCUT2D eigenvalue weighted by atomic mass is 127. The van der Waals surface area contributed by atoms with Crippen molar-refractivity contribution in [3.63, 3.8) is 0 Å². The van der Waals surface area contributed by atoms with E-state index in [0.717, 1.165) is 46.7 Å². The molecule has 11 rings (SSSR count). The number of nitrogens with zero attached hydrogens (tertiary/aromatic N) is 1. The molecule has 0 saturated carbocycles. The highest BCUT2D eigenvalue weighted by Gasteiger charge is 2.53. The minimum atomic E-state index is -2.14. The van der Waals surface area contributed by atoms with Crippen LogP contribution in [-0.2, 0) is 63.5 Å². The lowest BCUT2D eigenvalue weighted by molar-refractivity contribution is -0.337. The second kappa shape index (κ2) is 39.0. The molecule has 19 atom stereocenters. The Bertz CT molecular complexity index is 4320. The number of benzene rings is 4. The van der Waals surface area contributed by atoms with E-state index in [1.165, 1.54) is 51.4 Å². The molecule has 4 aromatic rings. The molecule has 114 heavy (non-hydrogen) atoms. The highest BCUT2D eigenvalue weighted by molar-refractivity contribution is 14.1. The summed E-state index contributed by atoms with van der Waals surface area (Å²) in [6.45, 7) is 14.9. The molecule has 4 saturated heterocycles. The van der Waals surface area contributed by atoms with Crippen LogP contribution in [-0.4, -0.2) is 241 Å². The van der Waals surface area contributed by atoms with Crippen molar-refractivity contribution < 1.29 is 116 Å². The fraction of sp³-hybridized carbons (Fsp3) is 0.519. The van der Waals surface area contributed by atoms with Gasteiger partial charge in [0.2, 0.25) is 17.2 Å². The van der Waals surface area contributed by atoms with Crippen LogP contribution in [0.15, 0.2) is 108 Å². The summed E-state index contributed by atoms with van der Waals surface area (Å²) in [5.41, 5.74) is 6.68. The highest BCUT2D eigenvalue weighted by Crippen LogP contribution is 2.50.